The molecule has 0 amide bonds. The quantitative estimate of drug-likeness (QED) is 0.663. The number of aliphatic hydroxyl groups is 1. The molecule has 0 unspecified atom stereocenters. The van der Waals surface area contributed by atoms with Crippen LogP contribution in [0.25, 0.3) is 0 Å². The molecular formula is C17H20ClF3N4O. The summed E-state index contributed by atoms with van der Waals surface area (Å²) in [7, 11) is 0. The summed E-state index contributed by atoms with van der Waals surface area (Å²) in [4.78, 5) is 7.60. The van der Waals surface area contributed by atoms with Crippen molar-refractivity contribution in [3.05, 3.63) is 46.6 Å². The number of nitrogens with one attached hydrogen (secondary N) is 2. The third kappa shape index (κ3) is 5.74. The number of benzene rings is 1. The minimum absolute atomic E-state index is 0.0130. The van der Waals surface area contributed by atoms with E-state index in [9.17, 15) is 18.3 Å². The summed E-state index contributed by atoms with van der Waals surface area (Å²) in [5.74, 6) is -0.183. The van der Waals surface area contributed by atoms with Gasteiger partial charge in [-0.3, -0.25) is 0 Å². The van der Waals surface area contributed by atoms with Crippen molar-refractivity contribution >= 4 is 23.4 Å². The maximum Gasteiger partial charge on any atom is 0.433 e. The molecule has 1 aromatic heterocycles. The summed E-state index contributed by atoms with van der Waals surface area (Å²) >= 11 is 5.90. The number of halogens is 4. The predicted octanol–water partition coefficient (Wildman–Crippen LogP) is 4.19. The highest BCUT2D eigenvalue weighted by molar-refractivity contribution is 6.30. The Hall–Kier alpha value is -2.06. The average molecular weight is 389 g/mol. The number of aromatic nitrogens is 2. The highest BCUT2D eigenvalue weighted by atomic mass is 35.5. The monoisotopic (exact) mass is 388 g/mol. The lowest BCUT2D eigenvalue weighted by molar-refractivity contribution is -0.141. The maximum absolute atomic E-state index is 13.1. The van der Waals surface area contributed by atoms with Crippen molar-refractivity contribution in [3.63, 3.8) is 0 Å². The van der Waals surface area contributed by atoms with E-state index < -0.39 is 17.9 Å². The Morgan fingerprint density at radius 3 is 2.50 bits per heavy atom. The minimum atomic E-state index is -4.61. The second-order valence-corrected chi connectivity index (χ2v) is 6.56. The molecule has 5 nitrogen and oxygen atoms in total. The Kier molecular flexibility index (Phi) is 6.66. The van der Waals surface area contributed by atoms with Crippen molar-refractivity contribution in [3.8, 4) is 0 Å². The average Bonchev–Trinajstić information content (AvgIpc) is 2.57. The van der Waals surface area contributed by atoms with Crippen molar-refractivity contribution < 1.29 is 18.3 Å². The summed E-state index contributed by atoms with van der Waals surface area (Å²) in [6, 6.07) is 7.35. The first-order valence-corrected chi connectivity index (χ1v) is 8.39. The molecule has 0 fully saturated rings. The summed E-state index contributed by atoms with van der Waals surface area (Å²) in [6.45, 7) is 3.67. The standard InChI is InChI=1S/C17H20ClF3N4O/c1-10(2)13(9-26)23-16-24-14(17(19,20)21)7-15(25-16)22-8-11-4-3-5-12(18)6-11/h3-7,10,13,26H,8-9H2,1-2H3,(H2,22,23,24,25)/t13-/m0/s1. The minimum Gasteiger partial charge on any atom is -0.394 e. The molecule has 142 valence electrons. The van der Waals surface area contributed by atoms with E-state index in [2.05, 4.69) is 20.6 Å². The largest absolute Gasteiger partial charge is 0.433 e. The van der Waals surface area contributed by atoms with Crippen LogP contribution in [0, 0.1) is 5.92 Å². The zero-order valence-corrected chi connectivity index (χ0v) is 15.1. The molecule has 0 bridgehead atoms. The number of nitrogens with zero attached hydrogens (tertiary/aromatic N) is 2. The van der Waals surface area contributed by atoms with Gasteiger partial charge in [0.15, 0.2) is 5.69 Å². The van der Waals surface area contributed by atoms with E-state index in [1.54, 1.807) is 24.3 Å². The van der Waals surface area contributed by atoms with Crippen molar-refractivity contribution in [2.24, 2.45) is 5.92 Å². The van der Waals surface area contributed by atoms with Gasteiger partial charge in [-0.05, 0) is 23.6 Å². The fourth-order valence-electron chi connectivity index (χ4n) is 2.18. The number of alkyl halides is 3. The molecule has 1 atom stereocenters. The van der Waals surface area contributed by atoms with Gasteiger partial charge in [0.2, 0.25) is 5.95 Å². The van der Waals surface area contributed by atoms with Crippen LogP contribution in [0.1, 0.15) is 25.1 Å². The van der Waals surface area contributed by atoms with Gasteiger partial charge in [-0.25, -0.2) is 4.98 Å². The molecule has 2 aromatic rings. The van der Waals surface area contributed by atoms with Crippen molar-refractivity contribution in [2.75, 3.05) is 17.2 Å². The van der Waals surface area contributed by atoms with Gasteiger partial charge in [0.25, 0.3) is 0 Å². The molecule has 2 rings (SSSR count). The Bertz CT molecular complexity index is 740. The molecule has 0 aliphatic carbocycles. The highest BCUT2D eigenvalue weighted by Crippen LogP contribution is 2.30. The van der Waals surface area contributed by atoms with E-state index >= 15 is 0 Å². The first-order chi connectivity index (χ1) is 12.2. The maximum atomic E-state index is 13.1. The Labute approximate surface area is 154 Å². The zero-order valence-electron chi connectivity index (χ0n) is 14.3. The molecule has 0 aliphatic heterocycles. The third-order valence-electron chi connectivity index (χ3n) is 3.70. The van der Waals surface area contributed by atoms with Gasteiger partial charge in [-0.2, -0.15) is 18.2 Å². The third-order valence-corrected chi connectivity index (χ3v) is 3.93. The molecule has 0 saturated carbocycles. The van der Waals surface area contributed by atoms with Gasteiger partial charge < -0.3 is 15.7 Å². The Balaban J connectivity index is 2.25. The normalized spacial score (nSPS) is 12.9. The van der Waals surface area contributed by atoms with Gasteiger partial charge in [-0.1, -0.05) is 37.6 Å². The van der Waals surface area contributed by atoms with Gasteiger partial charge in [0.1, 0.15) is 5.82 Å². The van der Waals surface area contributed by atoms with E-state index in [4.69, 9.17) is 11.6 Å². The lowest BCUT2D eigenvalue weighted by Crippen LogP contribution is -2.30. The predicted molar refractivity (Wildman–Crippen MR) is 95.1 cm³/mol. The number of hydrogen-bond donors (Lipinski definition) is 3. The van der Waals surface area contributed by atoms with Crippen LogP contribution in [0.15, 0.2) is 30.3 Å². The molecule has 0 aliphatic rings. The summed E-state index contributed by atoms with van der Waals surface area (Å²) in [6.07, 6.45) is -4.61. The van der Waals surface area contributed by atoms with E-state index in [1.165, 1.54) is 0 Å². The van der Waals surface area contributed by atoms with Crippen LogP contribution in [0.5, 0.6) is 0 Å². The Morgan fingerprint density at radius 2 is 1.92 bits per heavy atom. The molecule has 9 heteroatoms. The van der Waals surface area contributed by atoms with Gasteiger partial charge in [0.05, 0.1) is 12.6 Å². The highest BCUT2D eigenvalue weighted by Gasteiger charge is 2.34. The molecular weight excluding hydrogens is 369 g/mol. The van der Waals surface area contributed by atoms with Crippen LogP contribution in [-0.2, 0) is 12.7 Å². The SMILES string of the molecule is CC(C)[C@H](CO)Nc1nc(NCc2cccc(Cl)c2)cc(C(F)(F)F)n1. The fraction of sp³-hybridized carbons (Fsp3) is 0.412. The van der Waals surface area contributed by atoms with E-state index in [1.807, 2.05) is 13.8 Å². The number of hydrogen-bond acceptors (Lipinski definition) is 5. The zero-order chi connectivity index (χ0) is 19.3. The van der Waals surface area contributed by atoms with E-state index in [0.29, 0.717) is 5.02 Å². The van der Waals surface area contributed by atoms with Crippen molar-refractivity contribution in [1.29, 1.82) is 0 Å². The van der Waals surface area contributed by atoms with Gasteiger partial charge in [0, 0.05) is 17.6 Å². The first kappa shape index (κ1) is 20.3. The van der Waals surface area contributed by atoms with E-state index in [-0.39, 0.29) is 30.8 Å². The molecule has 0 radical (unpaired) electrons. The number of aliphatic hydroxyl groups excluding tert-OH is 1. The lowest BCUT2D eigenvalue weighted by atomic mass is 10.1. The summed E-state index contributed by atoms with van der Waals surface area (Å²) in [5.41, 5.74) is -0.265. The molecule has 0 spiro atoms. The number of anilines is 2. The summed E-state index contributed by atoms with van der Waals surface area (Å²) < 4.78 is 39.4. The van der Waals surface area contributed by atoms with Crippen LogP contribution in [0.3, 0.4) is 0 Å². The van der Waals surface area contributed by atoms with Gasteiger partial charge in [-0.15, -0.1) is 0 Å². The second kappa shape index (κ2) is 8.55. The van der Waals surface area contributed by atoms with Crippen LogP contribution in [-0.4, -0.2) is 27.7 Å². The van der Waals surface area contributed by atoms with E-state index in [0.717, 1.165) is 11.6 Å². The van der Waals surface area contributed by atoms with Crippen LogP contribution in [0.4, 0.5) is 24.9 Å². The second-order valence-electron chi connectivity index (χ2n) is 6.12. The smallest absolute Gasteiger partial charge is 0.394 e. The lowest BCUT2D eigenvalue weighted by Gasteiger charge is -2.21. The van der Waals surface area contributed by atoms with Crippen molar-refractivity contribution in [1.82, 2.24) is 9.97 Å². The van der Waals surface area contributed by atoms with Gasteiger partial charge >= 0.3 is 6.18 Å². The molecule has 1 heterocycles. The fourth-order valence-corrected chi connectivity index (χ4v) is 2.39. The van der Waals surface area contributed by atoms with Crippen molar-refractivity contribution in [2.45, 2.75) is 32.6 Å². The molecule has 26 heavy (non-hydrogen) atoms. The summed E-state index contributed by atoms with van der Waals surface area (Å²) in [5, 5.41) is 15.5. The topological polar surface area (TPSA) is 70.1 Å². The Morgan fingerprint density at radius 1 is 1.19 bits per heavy atom. The molecule has 0 saturated heterocycles. The first-order valence-electron chi connectivity index (χ1n) is 8.01. The molecule has 1 aromatic carbocycles. The molecule has 3 N–H and O–H groups in total. The number of rotatable bonds is 7. The van der Waals surface area contributed by atoms with Crippen LogP contribution in [0.2, 0.25) is 5.02 Å². The van der Waals surface area contributed by atoms with Crippen LogP contribution >= 0.6 is 11.6 Å². The van der Waals surface area contributed by atoms with Crippen LogP contribution < -0.4 is 10.6 Å².